The molecule has 5 nitrogen and oxygen atoms in total. The van der Waals surface area contributed by atoms with Crippen LogP contribution in [0.2, 0.25) is 0 Å². The van der Waals surface area contributed by atoms with Crippen LogP contribution in [0.3, 0.4) is 0 Å². The van der Waals surface area contributed by atoms with Gasteiger partial charge in [0.2, 0.25) is 0 Å². The molecular weight excluding hydrogens is 381 g/mol. The molecule has 0 unspecified atom stereocenters. The largest absolute Gasteiger partial charge is 0.378 e. The number of piperidine rings is 2. The van der Waals surface area contributed by atoms with E-state index in [2.05, 4.69) is 0 Å². The van der Waals surface area contributed by atoms with Crippen LogP contribution in [0.15, 0.2) is 48.5 Å². The topological polar surface area (TPSA) is 43.9 Å². The van der Waals surface area contributed by atoms with Crippen LogP contribution in [0.1, 0.15) is 40.0 Å². The predicted octanol–water partition coefficient (Wildman–Crippen LogP) is 3.66. The molecule has 0 N–H and O–H groups in total. The molecule has 0 saturated carbocycles. The van der Waals surface area contributed by atoms with Gasteiger partial charge < -0.3 is 14.7 Å². The average Bonchev–Trinajstić information content (AvgIpc) is 2.78. The van der Waals surface area contributed by atoms with Crippen LogP contribution in [-0.4, -0.2) is 61.4 Å². The lowest BCUT2D eigenvalue weighted by Crippen LogP contribution is -2.56. The van der Waals surface area contributed by atoms with Gasteiger partial charge in [0, 0.05) is 56.6 Å². The summed E-state index contributed by atoms with van der Waals surface area (Å²) in [4.78, 5) is 31.9. The third kappa shape index (κ3) is 4.04. The van der Waals surface area contributed by atoms with E-state index in [4.69, 9.17) is 0 Å². The molecule has 2 aromatic rings. The molecular formula is C24H28FN3O2. The van der Waals surface area contributed by atoms with Gasteiger partial charge in [0.05, 0.1) is 0 Å². The summed E-state index contributed by atoms with van der Waals surface area (Å²) in [6, 6.07) is 13.6. The van der Waals surface area contributed by atoms with Gasteiger partial charge in [-0.3, -0.25) is 9.59 Å². The SMILES string of the molecule is CN(C)c1ccc(C(=O)N2CCC[C@@H]3CN(C(=O)c4ccc(F)cc4)CC[C@@H]32)cc1. The van der Waals surface area contributed by atoms with Crippen molar-refractivity contribution in [1.29, 1.82) is 0 Å². The minimum atomic E-state index is -0.342. The van der Waals surface area contributed by atoms with Crippen LogP contribution in [-0.2, 0) is 0 Å². The molecule has 2 atom stereocenters. The van der Waals surface area contributed by atoms with E-state index in [0.717, 1.165) is 31.5 Å². The second kappa shape index (κ2) is 8.46. The minimum Gasteiger partial charge on any atom is -0.378 e. The Morgan fingerprint density at radius 1 is 0.900 bits per heavy atom. The molecule has 6 heteroatoms. The van der Waals surface area contributed by atoms with Crippen molar-refractivity contribution in [3.8, 4) is 0 Å². The maximum absolute atomic E-state index is 13.2. The first kappa shape index (κ1) is 20.4. The number of benzene rings is 2. The Balaban J connectivity index is 1.45. The number of carbonyl (C=O) groups excluding carboxylic acids is 2. The molecule has 2 amide bonds. The molecule has 2 aromatic carbocycles. The van der Waals surface area contributed by atoms with Crippen molar-refractivity contribution in [2.45, 2.75) is 25.3 Å². The van der Waals surface area contributed by atoms with Gasteiger partial charge >= 0.3 is 0 Å². The lowest BCUT2D eigenvalue weighted by Gasteiger charge is -2.47. The lowest BCUT2D eigenvalue weighted by molar-refractivity contribution is 0.0197. The normalized spacial score (nSPS) is 21.2. The molecule has 2 saturated heterocycles. The highest BCUT2D eigenvalue weighted by atomic mass is 19.1. The van der Waals surface area contributed by atoms with Crippen molar-refractivity contribution in [3.63, 3.8) is 0 Å². The average molecular weight is 410 g/mol. The van der Waals surface area contributed by atoms with Crippen molar-refractivity contribution in [1.82, 2.24) is 9.80 Å². The fourth-order valence-electron chi connectivity index (χ4n) is 4.68. The standard InChI is InChI=1S/C24H28FN3O2/c1-26(2)21-11-7-18(8-12-21)24(30)28-14-3-4-19-16-27(15-13-22(19)28)23(29)17-5-9-20(25)10-6-17/h5-12,19,22H,3-4,13-16H2,1-2H3/t19-,22+/m1/s1. The van der Waals surface area contributed by atoms with Gasteiger partial charge in [-0.1, -0.05) is 0 Å². The molecule has 2 aliphatic heterocycles. The molecule has 0 aliphatic carbocycles. The van der Waals surface area contributed by atoms with Gasteiger partial charge in [-0.25, -0.2) is 4.39 Å². The number of amides is 2. The zero-order valence-corrected chi connectivity index (χ0v) is 17.6. The van der Waals surface area contributed by atoms with Crippen molar-refractivity contribution in [2.75, 3.05) is 38.6 Å². The van der Waals surface area contributed by atoms with Gasteiger partial charge in [-0.05, 0) is 73.7 Å². The van der Waals surface area contributed by atoms with E-state index >= 15 is 0 Å². The van der Waals surface area contributed by atoms with Gasteiger partial charge in [-0.15, -0.1) is 0 Å². The lowest BCUT2D eigenvalue weighted by atomic mass is 9.83. The maximum atomic E-state index is 13.2. The summed E-state index contributed by atoms with van der Waals surface area (Å²) < 4.78 is 13.2. The molecule has 4 rings (SSSR count). The van der Waals surface area contributed by atoms with E-state index < -0.39 is 0 Å². The Bertz CT molecular complexity index is 911. The summed E-state index contributed by atoms with van der Waals surface area (Å²) in [6.45, 7) is 2.02. The minimum absolute atomic E-state index is 0.0591. The third-order valence-corrected chi connectivity index (χ3v) is 6.34. The van der Waals surface area contributed by atoms with E-state index in [9.17, 15) is 14.0 Å². The van der Waals surface area contributed by atoms with Crippen molar-refractivity contribution in [3.05, 3.63) is 65.5 Å². The second-order valence-corrected chi connectivity index (χ2v) is 8.46. The van der Waals surface area contributed by atoms with Crippen LogP contribution < -0.4 is 4.90 Å². The zero-order chi connectivity index (χ0) is 21.3. The zero-order valence-electron chi connectivity index (χ0n) is 17.6. The van der Waals surface area contributed by atoms with E-state index in [1.807, 2.05) is 53.1 Å². The molecule has 2 fully saturated rings. The Kier molecular flexibility index (Phi) is 5.75. The molecule has 0 aromatic heterocycles. The summed E-state index contributed by atoms with van der Waals surface area (Å²) in [5.74, 6) is -0.0447. The number of hydrogen-bond donors (Lipinski definition) is 0. The number of halogens is 1. The van der Waals surface area contributed by atoms with Crippen molar-refractivity contribution < 1.29 is 14.0 Å². The first-order valence-electron chi connectivity index (χ1n) is 10.6. The van der Waals surface area contributed by atoms with E-state index in [0.29, 0.717) is 24.2 Å². The van der Waals surface area contributed by atoms with E-state index in [1.54, 1.807) is 0 Å². The first-order valence-corrected chi connectivity index (χ1v) is 10.6. The summed E-state index contributed by atoms with van der Waals surface area (Å²) in [5, 5.41) is 0. The Morgan fingerprint density at radius 2 is 1.53 bits per heavy atom. The molecule has 0 bridgehead atoms. The van der Waals surface area contributed by atoms with Crippen LogP contribution in [0.25, 0.3) is 0 Å². The fourth-order valence-corrected chi connectivity index (χ4v) is 4.68. The smallest absolute Gasteiger partial charge is 0.254 e. The van der Waals surface area contributed by atoms with Gasteiger partial charge in [0.1, 0.15) is 5.82 Å². The number of rotatable bonds is 3. The predicted molar refractivity (Wildman–Crippen MR) is 115 cm³/mol. The first-order chi connectivity index (χ1) is 14.4. The number of anilines is 1. The second-order valence-electron chi connectivity index (χ2n) is 8.46. The van der Waals surface area contributed by atoms with Crippen LogP contribution in [0, 0.1) is 11.7 Å². The quantitative estimate of drug-likeness (QED) is 0.777. The molecule has 158 valence electrons. The van der Waals surface area contributed by atoms with Crippen LogP contribution >= 0.6 is 0 Å². The Hall–Kier alpha value is -2.89. The molecule has 30 heavy (non-hydrogen) atoms. The highest BCUT2D eigenvalue weighted by Gasteiger charge is 2.39. The van der Waals surface area contributed by atoms with Gasteiger partial charge in [0.15, 0.2) is 0 Å². The molecule has 0 radical (unpaired) electrons. The van der Waals surface area contributed by atoms with Gasteiger partial charge in [-0.2, -0.15) is 0 Å². The van der Waals surface area contributed by atoms with E-state index in [1.165, 1.54) is 24.3 Å². The highest BCUT2D eigenvalue weighted by Crippen LogP contribution is 2.32. The van der Waals surface area contributed by atoms with Crippen molar-refractivity contribution in [2.24, 2.45) is 5.92 Å². The summed E-state index contributed by atoms with van der Waals surface area (Å²) in [7, 11) is 3.96. The van der Waals surface area contributed by atoms with Crippen LogP contribution in [0.5, 0.6) is 0 Å². The summed E-state index contributed by atoms with van der Waals surface area (Å²) >= 11 is 0. The molecule has 2 heterocycles. The third-order valence-electron chi connectivity index (χ3n) is 6.34. The fraction of sp³-hybridized carbons (Fsp3) is 0.417. The number of hydrogen-bond acceptors (Lipinski definition) is 3. The summed E-state index contributed by atoms with van der Waals surface area (Å²) in [6.07, 6.45) is 2.74. The molecule has 2 aliphatic rings. The Morgan fingerprint density at radius 3 is 2.20 bits per heavy atom. The van der Waals surface area contributed by atoms with Gasteiger partial charge in [0.25, 0.3) is 11.8 Å². The number of carbonyl (C=O) groups is 2. The number of likely N-dealkylation sites (tertiary alicyclic amines) is 2. The van der Waals surface area contributed by atoms with Crippen molar-refractivity contribution >= 4 is 17.5 Å². The highest BCUT2D eigenvalue weighted by molar-refractivity contribution is 5.95. The summed E-state index contributed by atoms with van der Waals surface area (Å²) in [5.41, 5.74) is 2.29. The van der Waals surface area contributed by atoms with E-state index in [-0.39, 0.29) is 29.6 Å². The number of nitrogens with zero attached hydrogens (tertiary/aromatic N) is 3. The molecule has 0 spiro atoms. The maximum Gasteiger partial charge on any atom is 0.254 e. The Labute approximate surface area is 177 Å². The number of fused-ring (bicyclic) bond motifs is 1. The monoisotopic (exact) mass is 409 g/mol. The van der Waals surface area contributed by atoms with Crippen LogP contribution in [0.4, 0.5) is 10.1 Å².